The SMILES string of the molecule is CC(Nc1ccc(C#N)c(N)c1)C1CCOCC1. The number of anilines is 2. The molecule has 0 amide bonds. The van der Waals surface area contributed by atoms with Gasteiger partial charge in [0.1, 0.15) is 6.07 Å². The van der Waals surface area contributed by atoms with E-state index in [1.54, 1.807) is 6.07 Å². The van der Waals surface area contributed by atoms with Gasteiger partial charge < -0.3 is 15.8 Å². The van der Waals surface area contributed by atoms with E-state index in [1.165, 1.54) is 0 Å². The summed E-state index contributed by atoms with van der Waals surface area (Å²) >= 11 is 0. The molecular weight excluding hydrogens is 226 g/mol. The van der Waals surface area contributed by atoms with Crippen molar-refractivity contribution in [3.05, 3.63) is 23.8 Å². The molecule has 2 rings (SSSR count). The minimum Gasteiger partial charge on any atom is -0.398 e. The van der Waals surface area contributed by atoms with E-state index >= 15 is 0 Å². The molecule has 0 saturated carbocycles. The standard InChI is InChI=1S/C14H19N3O/c1-10(11-4-6-18-7-5-11)17-13-3-2-12(9-15)14(16)8-13/h2-3,8,10-11,17H,4-7,16H2,1H3. The average Bonchev–Trinajstić information content (AvgIpc) is 2.40. The van der Waals surface area contributed by atoms with Gasteiger partial charge in [0.05, 0.1) is 11.3 Å². The normalized spacial score (nSPS) is 18.0. The van der Waals surface area contributed by atoms with Crippen LogP contribution in [0.3, 0.4) is 0 Å². The van der Waals surface area contributed by atoms with Crippen LogP contribution in [-0.2, 0) is 4.74 Å². The minimum atomic E-state index is 0.390. The highest BCUT2D eigenvalue weighted by Crippen LogP contribution is 2.23. The molecule has 1 fully saturated rings. The van der Waals surface area contributed by atoms with Crippen LogP contribution in [0.25, 0.3) is 0 Å². The van der Waals surface area contributed by atoms with E-state index in [4.69, 9.17) is 15.7 Å². The molecule has 0 aromatic heterocycles. The number of nitrogens with zero attached hydrogens (tertiary/aromatic N) is 1. The van der Waals surface area contributed by atoms with E-state index < -0.39 is 0 Å². The molecule has 96 valence electrons. The number of rotatable bonds is 3. The van der Waals surface area contributed by atoms with Gasteiger partial charge in [-0.25, -0.2) is 0 Å². The molecule has 0 bridgehead atoms. The summed E-state index contributed by atoms with van der Waals surface area (Å²) in [6.45, 7) is 3.89. The highest BCUT2D eigenvalue weighted by atomic mass is 16.5. The molecule has 4 heteroatoms. The van der Waals surface area contributed by atoms with Crippen LogP contribution in [-0.4, -0.2) is 19.3 Å². The van der Waals surface area contributed by atoms with Crippen LogP contribution in [0, 0.1) is 17.2 Å². The molecule has 0 aliphatic carbocycles. The van der Waals surface area contributed by atoms with Gasteiger partial charge in [-0.15, -0.1) is 0 Å². The van der Waals surface area contributed by atoms with Crippen LogP contribution < -0.4 is 11.1 Å². The second-order valence-electron chi connectivity index (χ2n) is 4.80. The lowest BCUT2D eigenvalue weighted by molar-refractivity contribution is 0.0622. The second kappa shape index (κ2) is 5.74. The predicted molar refractivity (Wildman–Crippen MR) is 72.2 cm³/mol. The fourth-order valence-corrected chi connectivity index (χ4v) is 2.35. The van der Waals surface area contributed by atoms with Crippen LogP contribution in [0.5, 0.6) is 0 Å². The van der Waals surface area contributed by atoms with Crippen LogP contribution >= 0.6 is 0 Å². The molecule has 3 N–H and O–H groups in total. The van der Waals surface area contributed by atoms with Gasteiger partial charge in [0.2, 0.25) is 0 Å². The molecule has 1 unspecified atom stereocenters. The van der Waals surface area contributed by atoms with E-state index in [9.17, 15) is 0 Å². The molecule has 1 heterocycles. The van der Waals surface area contributed by atoms with E-state index in [0.717, 1.165) is 31.7 Å². The highest BCUT2D eigenvalue weighted by Gasteiger charge is 2.20. The molecule has 1 aromatic rings. The highest BCUT2D eigenvalue weighted by molar-refractivity contribution is 5.62. The van der Waals surface area contributed by atoms with Crippen molar-refractivity contribution in [2.24, 2.45) is 5.92 Å². The zero-order chi connectivity index (χ0) is 13.0. The van der Waals surface area contributed by atoms with E-state index in [1.807, 2.05) is 12.1 Å². The number of nitrogens with two attached hydrogens (primary N) is 1. The third kappa shape index (κ3) is 2.93. The summed E-state index contributed by atoms with van der Waals surface area (Å²) in [6, 6.07) is 7.95. The van der Waals surface area contributed by atoms with Crippen molar-refractivity contribution >= 4 is 11.4 Å². The van der Waals surface area contributed by atoms with E-state index in [0.29, 0.717) is 23.2 Å². The van der Waals surface area contributed by atoms with Gasteiger partial charge >= 0.3 is 0 Å². The number of hydrogen-bond donors (Lipinski definition) is 2. The Morgan fingerprint density at radius 1 is 1.44 bits per heavy atom. The van der Waals surface area contributed by atoms with Crippen molar-refractivity contribution in [2.45, 2.75) is 25.8 Å². The Hall–Kier alpha value is -1.73. The van der Waals surface area contributed by atoms with E-state index in [-0.39, 0.29) is 0 Å². The van der Waals surface area contributed by atoms with Crippen molar-refractivity contribution in [1.82, 2.24) is 0 Å². The lowest BCUT2D eigenvalue weighted by Gasteiger charge is -2.29. The van der Waals surface area contributed by atoms with E-state index in [2.05, 4.69) is 18.3 Å². The number of nitrogens with one attached hydrogen (secondary N) is 1. The first-order valence-corrected chi connectivity index (χ1v) is 6.34. The first-order chi connectivity index (χ1) is 8.70. The number of hydrogen-bond acceptors (Lipinski definition) is 4. The minimum absolute atomic E-state index is 0.390. The van der Waals surface area contributed by atoms with Crippen molar-refractivity contribution in [3.8, 4) is 6.07 Å². The smallest absolute Gasteiger partial charge is 0.101 e. The monoisotopic (exact) mass is 245 g/mol. The van der Waals surface area contributed by atoms with Gasteiger partial charge in [0, 0.05) is 24.9 Å². The van der Waals surface area contributed by atoms with Crippen molar-refractivity contribution < 1.29 is 4.74 Å². The van der Waals surface area contributed by atoms with Crippen molar-refractivity contribution in [3.63, 3.8) is 0 Å². The molecule has 4 nitrogen and oxygen atoms in total. The maximum atomic E-state index is 8.83. The van der Waals surface area contributed by atoms with Crippen LogP contribution in [0.15, 0.2) is 18.2 Å². The van der Waals surface area contributed by atoms with Crippen molar-refractivity contribution in [1.29, 1.82) is 5.26 Å². The summed E-state index contributed by atoms with van der Waals surface area (Å²) in [4.78, 5) is 0. The zero-order valence-corrected chi connectivity index (χ0v) is 10.6. The third-order valence-electron chi connectivity index (χ3n) is 3.54. The molecule has 1 atom stereocenters. The summed E-state index contributed by atoms with van der Waals surface area (Å²) in [5.41, 5.74) is 7.84. The average molecular weight is 245 g/mol. The van der Waals surface area contributed by atoms with Gasteiger partial charge in [-0.05, 0) is 43.9 Å². The van der Waals surface area contributed by atoms with Crippen LogP contribution in [0.1, 0.15) is 25.3 Å². The largest absolute Gasteiger partial charge is 0.398 e. The molecule has 0 spiro atoms. The Kier molecular flexibility index (Phi) is 4.06. The lowest BCUT2D eigenvalue weighted by atomic mass is 9.93. The summed E-state index contributed by atoms with van der Waals surface area (Å²) in [7, 11) is 0. The molecule has 0 radical (unpaired) electrons. The Morgan fingerprint density at radius 2 is 2.17 bits per heavy atom. The second-order valence-corrected chi connectivity index (χ2v) is 4.80. The molecular formula is C14H19N3O. The maximum Gasteiger partial charge on any atom is 0.101 e. The first-order valence-electron chi connectivity index (χ1n) is 6.34. The maximum absolute atomic E-state index is 8.83. The third-order valence-corrected chi connectivity index (χ3v) is 3.54. The molecule has 1 aliphatic heterocycles. The molecule has 18 heavy (non-hydrogen) atoms. The van der Waals surface area contributed by atoms with Crippen LogP contribution in [0.2, 0.25) is 0 Å². The number of nitriles is 1. The number of ether oxygens (including phenoxy) is 1. The Labute approximate surface area is 108 Å². The number of nitrogen functional groups attached to an aromatic ring is 1. The van der Waals surface area contributed by atoms with Crippen LogP contribution in [0.4, 0.5) is 11.4 Å². The topological polar surface area (TPSA) is 71.1 Å². The fraction of sp³-hybridized carbons (Fsp3) is 0.500. The summed E-state index contributed by atoms with van der Waals surface area (Å²) in [6.07, 6.45) is 2.19. The van der Waals surface area contributed by atoms with Gasteiger partial charge in [-0.3, -0.25) is 0 Å². The molecule has 1 aliphatic rings. The van der Waals surface area contributed by atoms with Gasteiger partial charge in [0.15, 0.2) is 0 Å². The summed E-state index contributed by atoms with van der Waals surface area (Å²) in [5.74, 6) is 0.635. The number of benzene rings is 1. The molecule has 1 saturated heterocycles. The quantitative estimate of drug-likeness (QED) is 0.802. The van der Waals surface area contributed by atoms with Gasteiger partial charge in [0.25, 0.3) is 0 Å². The van der Waals surface area contributed by atoms with Gasteiger partial charge in [-0.1, -0.05) is 0 Å². The summed E-state index contributed by atoms with van der Waals surface area (Å²) in [5, 5.41) is 12.3. The Bertz CT molecular complexity index is 447. The Morgan fingerprint density at radius 3 is 2.78 bits per heavy atom. The Balaban J connectivity index is 2.00. The van der Waals surface area contributed by atoms with Gasteiger partial charge in [-0.2, -0.15) is 5.26 Å². The zero-order valence-electron chi connectivity index (χ0n) is 10.6. The van der Waals surface area contributed by atoms with Crippen molar-refractivity contribution in [2.75, 3.05) is 24.3 Å². The first kappa shape index (κ1) is 12.7. The fourth-order valence-electron chi connectivity index (χ4n) is 2.35. The molecule has 1 aromatic carbocycles. The lowest BCUT2D eigenvalue weighted by Crippen LogP contribution is -2.30. The summed E-state index contributed by atoms with van der Waals surface area (Å²) < 4.78 is 5.37. The predicted octanol–water partition coefficient (Wildman–Crippen LogP) is 2.37.